The van der Waals surface area contributed by atoms with E-state index in [2.05, 4.69) is 15.4 Å². The Balaban J connectivity index is 1.95. The molecule has 6 heteroatoms. The number of hydrogen-bond acceptors (Lipinski definition) is 4. The number of hydrogen-bond donors (Lipinski definition) is 2. The zero-order chi connectivity index (χ0) is 13.7. The summed E-state index contributed by atoms with van der Waals surface area (Å²) in [4.78, 5) is 11.1. The van der Waals surface area contributed by atoms with Crippen LogP contribution >= 0.6 is 0 Å². The van der Waals surface area contributed by atoms with Crippen LogP contribution in [0.1, 0.15) is 12.8 Å². The van der Waals surface area contributed by atoms with Crippen molar-refractivity contribution in [1.29, 1.82) is 0 Å². The molecule has 2 rings (SSSR count). The summed E-state index contributed by atoms with van der Waals surface area (Å²) in [5.74, 6) is 1.52. The summed E-state index contributed by atoms with van der Waals surface area (Å²) in [5, 5.41) is 6.03. The number of benzene rings is 1. The van der Waals surface area contributed by atoms with Crippen LogP contribution in [0.25, 0.3) is 0 Å². The van der Waals surface area contributed by atoms with E-state index in [-0.39, 0.29) is 0 Å². The molecule has 1 saturated heterocycles. The Bertz CT molecular complexity index is 469. The second-order valence-electron chi connectivity index (χ2n) is 4.46. The Morgan fingerprint density at radius 1 is 1.32 bits per heavy atom. The van der Waals surface area contributed by atoms with E-state index >= 15 is 0 Å². The second kappa shape index (κ2) is 6.56. The van der Waals surface area contributed by atoms with Gasteiger partial charge in [0.05, 0.1) is 7.11 Å². The van der Waals surface area contributed by atoms with E-state index in [1.165, 1.54) is 7.11 Å². The van der Waals surface area contributed by atoms with E-state index in [0.717, 1.165) is 30.0 Å². The van der Waals surface area contributed by atoms with Crippen LogP contribution in [0.3, 0.4) is 0 Å². The van der Waals surface area contributed by atoms with Crippen LogP contribution in [0.4, 0.5) is 16.2 Å². The lowest BCUT2D eigenvalue weighted by Gasteiger charge is -2.23. The summed E-state index contributed by atoms with van der Waals surface area (Å²) in [6, 6.07) is 7.84. The maximum absolute atomic E-state index is 11.3. The van der Waals surface area contributed by atoms with Gasteiger partial charge in [0.2, 0.25) is 0 Å². The van der Waals surface area contributed by atoms with Crippen molar-refractivity contribution >= 4 is 28.3 Å². The monoisotopic (exact) mass is 282 g/mol. The van der Waals surface area contributed by atoms with Crippen LogP contribution in [0, 0.1) is 0 Å². The van der Waals surface area contributed by atoms with Crippen LogP contribution in [-0.4, -0.2) is 35.0 Å². The average molecular weight is 282 g/mol. The molecule has 2 N–H and O–H groups in total. The maximum Gasteiger partial charge on any atom is 0.411 e. The first-order valence-electron chi connectivity index (χ1n) is 6.24. The van der Waals surface area contributed by atoms with Crippen LogP contribution in [0.5, 0.6) is 0 Å². The Kier molecular flexibility index (Phi) is 4.79. The number of rotatable bonds is 3. The molecule has 0 saturated carbocycles. The lowest BCUT2D eigenvalue weighted by atomic mass is 10.1. The van der Waals surface area contributed by atoms with E-state index in [1.54, 1.807) is 6.07 Å². The molecule has 0 radical (unpaired) electrons. The van der Waals surface area contributed by atoms with Crippen molar-refractivity contribution in [3.8, 4) is 0 Å². The zero-order valence-corrected chi connectivity index (χ0v) is 11.7. The molecule has 1 aliphatic rings. The van der Waals surface area contributed by atoms with E-state index in [9.17, 15) is 9.00 Å². The number of nitrogens with one attached hydrogen (secondary N) is 2. The lowest BCUT2D eigenvalue weighted by Crippen LogP contribution is -2.29. The van der Waals surface area contributed by atoms with Crippen LogP contribution in [-0.2, 0) is 15.5 Å². The molecular weight excluding hydrogens is 264 g/mol. The first-order chi connectivity index (χ1) is 9.17. The molecular formula is C13H18N2O3S. The number of ether oxygens (including phenoxy) is 1. The van der Waals surface area contributed by atoms with Crippen molar-refractivity contribution in [3.05, 3.63) is 24.3 Å². The van der Waals surface area contributed by atoms with Crippen LogP contribution in [0.2, 0.25) is 0 Å². The van der Waals surface area contributed by atoms with Gasteiger partial charge >= 0.3 is 6.09 Å². The molecule has 5 nitrogen and oxygen atoms in total. The fourth-order valence-corrected chi connectivity index (χ4v) is 3.33. The third-order valence-electron chi connectivity index (χ3n) is 3.05. The standard InChI is InChI=1S/C13H18N2O3S/c1-18-13(16)15-12-4-2-3-11(9-12)14-10-5-7-19(17)8-6-10/h2-4,9-10,14H,5-8H2,1H3,(H,15,16). The second-order valence-corrected chi connectivity index (χ2v) is 6.16. The number of amides is 1. The van der Waals surface area contributed by atoms with Crippen molar-refractivity contribution in [2.75, 3.05) is 29.2 Å². The lowest BCUT2D eigenvalue weighted by molar-refractivity contribution is 0.187. The molecule has 1 fully saturated rings. The van der Waals surface area contributed by atoms with Gasteiger partial charge < -0.3 is 10.1 Å². The fourth-order valence-electron chi connectivity index (χ4n) is 2.03. The van der Waals surface area contributed by atoms with E-state index < -0.39 is 16.9 Å². The number of anilines is 2. The van der Waals surface area contributed by atoms with Gasteiger partial charge in [-0.2, -0.15) is 0 Å². The molecule has 104 valence electrons. The summed E-state index contributed by atoms with van der Waals surface area (Å²) in [5.41, 5.74) is 1.64. The third kappa shape index (κ3) is 4.24. The highest BCUT2D eigenvalue weighted by Crippen LogP contribution is 2.19. The molecule has 1 heterocycles. The minimum absolute atomic E-state index is 0.353. The summed E-state index contributed by atoms with van der Waals surface area (Å²) in [6.45, 7) is 0. The summed E-state index contributed by atoms with van der Waals surface area (Å²) < 4.78 is 15.8. The Morgan fingerprint density at radius 2 is 2.00 bits per heavy atom. The van der Waals surface area contributed by atoms with Crippen LogP contribution in [0.15, 0.2) is 24.3 Å². The zero-order valence-electron chi connectivity index (χ0n) is 10.8. The first-order valence-corrected chi connectivity index (χ1v) is 7.73. The van der Waals surface area contributed by atoms with Gasteiger partial charge in [-0.05, 0) is 31.0 Å². The molecule has 0 spiro atoms. The Hall–Kier alpha value is -1.56. The van der Waals surface area contributed by atoms with Crippen LogP contribution < -0.4 is 10.6 Å². The summed E-state index contributed by atoms with van der Waals surface area (Å²) in [6.07, 6.45) is 1.35. The van der Waals surface area contributed by atoms with Crippen molar-refractivity contribution in [2.24, 2.45) is 0 Å². The largest absolute Gasteiger partial charge is 0.453 e. The van der Waals surface area contributed by atoms with Gasteiger partial charge in [-0.1, -0.05) is 6.07 Å². The Labute approximate surface area is 115 Å². The van der Waals surface area contributed by atoms with Crippen molar-refractivity contribution < 1.29 is 13.7 Å². The number of carbonyl (C=O) groups is 1. The van der Waals surface area contributed by atoms with Gasteiger partial charge in [0.25, 0.3) is 0 Å². The molecule has 0 aliphatic carbocycles. The highest BCUT2D eigenvalue weighted by Gasteiger charge is 2.17. The predicted molar refractivity (Wildman–Crippen MR) is 77.0 cm³/mol. The average Bonchev–Trinajstić information content (AvgIpc) is 2.42. The molecule has 1 aliphatic heterocycles. The predicted octanol–water partition coefficient (Wildman–Crippen LogP) is 2.19. The number of methoxy groups -OCH3 is 1. The number of carbonyl (C=O) groups excluding carboxylic acids is 1. The van der Waals surface area contributed by atoms with Gasteiger partial charge in [0.1, 0.15) is 0 Å². The molecule has 0 atom stereocenters. The first kappa shape index (κ1) is 13.9. The topological polar surface area (TPSA) is 67.4 Å². The van der Waals surface area contributed by atoms with Gasteiger partial charge in [-0.25, -0.2) is 4.79 Å². The van der Waals surface area contributed by atoms with Gasteiger partial charge in [-0.3, -0.25) is 9.53 Å². The summed E-state index contributed by atoms with van der Waals surface area (Å²) in [7, 11) is 0.687. The minimum Gasteiger partial charge on any atom is -0.453 e. The van der Waals surface area contributed by atoms with E-state index in [1.807, 2.05) is 18.2 Å². The maximum atomic E-state index is 11.3. The molecule has 19 heavy (non-hydrogen) atoms. The third-order valence-corrected chi connectivity index (χ3v) is 4.44. The molecule has 1 amide bonds. The molecule has 0 unspecified atom stereocenters. The van der Waals surface area contributed by atoms with Gasteiger partial charge in [-0.15, -0.1) is 0 Å². The van der Waals surface area contributed by atoms with E-state index in [0.29, 0.717) is 11.7 Å². The molecule has 0 aromatic heterocycles. The van der Waals surface area contributed by atoms with Gasteiger partial charge in [0, 0.05) is 39.7 Å². The highest BCUT2D eigenvalue weighted by molar-refractivity contribution is 7.85. The summed E-state index contributed by atoms with van der Waals surface area (Å²) >= 11 is 0. The SMILES string of the molecule is COC(=O)Nc1cccc(NC2CCS(=O)CC2)c1. The van der Waals surface area contributed by atoms with Gasteiger partial charge in [0.15, 0.2) is 0 Å². The minimum atomic E-state index is -0.646. The molecule has 1 aromatic carbocycles. The van der Waals surface area contributed by atoms with Crippen molar-refractivity contribution in [3.63, 3.8) is 0 Å². The highest BCUT2D eigenvalue weighted by atomic mass is 32.2. The molecule has 0 bridgehead atoms. The quantitative estimate of drug-likeness (QED) is 0.891. The normalized spacial score (nSPS) is 22.6. The van der Waals surface area contributed by atoms with Crippen molar-refractivity contribution in [1.82, 2.24) is 0 Å². The smallest absolute Gasteiger partial charge is 0.411 e. The van der Waals surface area contributed by atoms with E-state index in [4.69, 9.17) is 0 Å². The Morgan fingerprint density at radius 3 is 2.68 bits per heavy atom. The molecule has 1 aromatic rings. The van der Waals surface area contributed by atoms with Crippen molar-refractivity contribution in [2.45, 2.75) is 18.9 Å². The fraction of sp³-hybridized carbons (Fsp3) is 0.462.